The monoisotopic (exact) mass is 517 g/mol. The highest BCUT2D eigenvalue weighted by molar-refractivity contribution is 9.11. The molecule has 2 aromatic carbocycles. The standard InChI is InChI=1S/C19H13Br2N5OS/c20-11-2-1-3-13(8-11)26-19(27)25-12-6-4-10(5-7-12)14-15-17(22)23-9-24-18(15)28-16(14)21/h1-9H,(H2,22,23,24)(H2,25,26,27). The number of urea groups is 1. The van der Waals surface area contributed by atoms with E-state index in [0.717, 1.165) is 29.6 Å². The molecule has 4 rings (SSSR count). The Labute approximate surface area is 181 Å². The van der Waals surface area contributed by atoms with Crippen LogP contribution in [-0.2, 0) is 0 Å². The number of nitrogens with two attached hydrogens (primary N) is 1. The maximum atomic E-state index is 12.2. The molecule has 2 amide bonds. The molecule has 0 saturated heterocycles. The SMILES string of the molecule is Nc1ncnc2sc(Br)c(-c3ccc(NC(=O)Nc4cccc(Br)c4)cc3)c12. The topological polar surface area (TPSA) is 92.9 Å². The van der Waals surface area contributed by atoms with Crippen LogP contribution in [0.3, 0.4) is 0 Å². The van der Waals surface area contributed by atoms with Gasteiger partial charge in [0.05, 0.1) is 9.17 Å². The summed E-state index contributed by atoms with van der Waals surface area (Å²) in [7, 11) is 0. The Bertz CT molecular complexity index is 1180. The van der Waals surface area contributed by atoms with Gasteiger partial charge in [0, 0.05) is 21.4 Å². The number of aromatic nitrogens is 2. The molecule has 0 fully saturated rings. The van der Waals surface area contributed by atoms with Gasteiger partial charge in [0.25, 0.3) is 0 Å². The molecule has 0 aliphatic heterocycles. The molecule has 4 N–H and O–H groups in total. The summed E-state index contributed by atoms with van der Waals surface area (Å²) in [6.45, 7) is 0. The van der Waals surface area contributed by atoms with E-state index >= 15 is 0 Å². The predicted octanol–water partition coefficient (Wildman–Crippen LogP) is 6.11. The lowest BCUT2D eigenvalue weighted by Crippen LogP contribution is -2.19. The van der Waals surface area contributed by atoms with E-state index in [9.17, 15) is 4.79 Å². The molecule has 0 atom stereocenters. The number of nitrogens with one attached hydrogen (secondary N) is 2. The first kappa shape index (κ1) is 18.9. The van der Waals surface area contributed by atoms with Crippen molar-refractivity contribution in [2.24, 2.45) is 0 Å². The number of hydrogen-bond donors (Lipinski definition) is 3. The third-order valence-corrected chi connectivity index (χ3v) is 6.25. The number of fused-ring (bicyclic) bond motifs is 1. The van der Waals surface area contributed by atoms with Crippen molar-refractivity contribution in [3.05, 3.63) is 63.1 Å². The van der Waals surface area contributed by atoms with Gasteiger partial charge in [-0.3, -0.25) is 0 Å². The van der Waals surface area contributed by atoms with Gasteiger partial charge in [-0.05, 0) is 51.8 Å². The van der Waals surface area contributed by atoms with Crippen LogP contribution in [0.5, 0.6) is 0 Å². The van der Waals surface area contributed by atoms with Crippen molar-refractivity contribution in [3.63, 3.8) is 0 Å². The largest absolute Gasteiger partial charge is 0.383 e. The molecule has 28 heavy (non-hydrogen) atoms. The van der Waals surface area contributed by atoms with Gasteiger partial charge in [-0.25, -0.2) is 14.8 Å². The molecule has 2 aromatic heterocycles. The van der Waals surface area contributed by atoms with Crippen LogP contribution in [0.2, 0.25) is 0 Å². The average molecular weight is 519 g/mol. The Kier molecular flexibility index (Phi) is 5.29. The minimum atomic E-state index is -0.314. The lowest BCUT2D eigenvalue weighted by atomic mass is 10.1. The molecule has 2 heterocycles. The van der Waals surface area contributed by atoms with Crippen LogP contribution in [0, 0.1) is 0 Å². The van der Waals surface area contributed by atoms with Crippen LogP contribution < -0.4 is 16.4 Å². The van der Waals surface area contributed by atoms with E-state index in [-0.39, 0.29) is 6.03 Å². The first-order chi connectivity index (χ1) is 13.5. The fraction of sp³-hybridized carbons (Fsp3) is 0. The smallest absolute Gasteiger partial charge is 0.323 e. The molecular formula is C19H13Br2N5OS. The molecule has 0 bridgehead atoms. The number of carbonyl (C=O) groups is 1. The zero-order chi connectivity index (χ0) is 19.7. The number of anilines is 3. The molecular weight excluding hydrogens is 506 g/mol. The minimum Gasteiger partial charge on any atom is -0.383 e. The first-order valence-corrected chi connectivity index (χ1v) is 10.5. The maximum absolute atomic E-state index is 12.2. The third kappa shape index (κ3) is 3.87. The summed E-state index contributed by atoms with van der Waals surface area (Å²) in [6, 6.07) is 14.6. The zero-order valence-corrected chi connectivity index (χ0v) is 18.2. The van der Waals surface area contributed by atoms with E-state index < -0.39 is 0 Å². The van der Waals surface area contributed by atoms with Gasteiger partial charge in [0.15, 0.2) is 0 Å². The molecule has 140 valence electrons. The Hall–Kier alpha value is -2.49. The van der Waals surface area contributed by atoms with Crippen molar-refractivity contribution in [1.29, 1.82) is 0 Å². The number of nitrogens with zero attached hydrogens (tertiary/aromatic N) is 2. The van der Waals surface area contributed by atoms with Crippen molar-refractivity contribution in [1.82, 2.24) is 9.97 Å². The van der Waals surface area contributed by atoms with E-state index in [4.69, 9.17) is 5.73 Å². The van der Waals surface area contributed by atoms with Gasteiger partial charge in [-0.1, -0.05) is 34.1 Å². The van der Waals surface area contributed by atoms with Crippen LogP contribution in [0.25, 0.3) is 21.3 Å². The summed E-state index contributed by atoms with van der Waals surface area (Å²) in [5, 5.41) is 6.44. The Morgan fingerprint density at radius 2 is 1.75 bits per heavy atom. The predicted molar refractivity (Wildman–Crippen MR) is 122 cm³/mol. The van der Waals surface area contributed by atoms with E-state index in [1.807, 2.05) is 48.5 Å². The fourth-order valence-corrected chi connectivity index (χ4v) is 4.95. The van der Waals surface area contributed by atoms with Gasteiger partial charge in [0.1, 0.15) is 17.0 Å². The van der Waals surface area contributed by atoms with Crippen molar-refractivity contribution in [2.45, 2.75) is 0 Å². The second-order valence-corrected chi connectivity index (χ2v) is 9.09. The van der Waals surface area contributed by atoms with E-state index in [2.05, 4.69) is 52.5 Å². The zero-order valence-electron chi connectivity index (χ0n) is 14.2. The number of amides is 2. The quantitative estimate of drug-likeness (QED) is 0.305. The Balaban J connectivity index is 1.55. The highest BCUT2D eigenvalue weighted by Crippen LogP contribution is 2.43. The van der Waals surface area contributed by atoms with Gasteiger partial charge >= 0.3 is 6.03 Å². The van der Waals surface area contributed by atoms with E-state index in [0.29, 0.717) is 17.2 Å². The lowest BCUT2D eigenvalue weighted by Gasteiger charge is -2.09. The highest BCUT2D eigenvalue weighted by atomic mass is 79.9. The second-order valence-electron chi connectivity index (χ2n) is 5.86. The summed E-state index contributed by atoms with van der Waals surface area (Å²) < 4.78 is 1.83. The number of rotatable bonds is 3. The van der Waals surface area contributed by atoms with Crippen molar-refractivity contribution in [2.75, 3.05) is 16.4 Å². The molecule has 4 aromatic rings. The Morgan fingerprint density at radius 1 is 1.00 bits per heavy atom. The molecule has 0 saturated carbocycles. The fourth-order valence-electron chi connectivity index (χ4n) is 2.77. The van der Waals surface area contributed by atoms with Gasteiger partial charge in [0.2, 0.25) is 0 Å². The molecule has 6 nitrogen and oxygen atoms in total. The van der Waals surface area contributed by atoms with Crippen LogP contribution in [0.15, 0.2) is 63.1 Å². The summed E-state index contributed by atoms with van der Waals surface area (Å²) >= 11 is 8.48. The van der Waals surface area contributed by atoms with Crippen LogP contribution in [0.4, 0.5) is 22.0 Å². The van der Waals surface area contributed by atoms with Gasteiger partial charge < -0.3 is 16.4 Å². The van der Waals surface area contributed by atoms with Crippen molar-refractivity contribution < 1.29 is 4.79 Å². The van der Waals surface area contributed by atoms with Gasteiger partial charge in [-0.15, -0.1) is 11.3 Å². The van der Waals surface area contributed by atoms with E-state index in [1.54, 1.807) is 0 Å². The van der Waals surface area contributed by atoms with Crippen molar-refractivity contribution in [3.8, 4) is 11.1 Å². The van der Waals surface area contributed by atoms with Crippen LogP contribution in [0.1, 0.15) is 0 Å². The highest BCUT2D eigenvalue weighted by Gasteiger charge is 2.16. The lowest BCUT2D eigenvalue weighted by molar-refractivity contribution is 0.262. The van der Waals surface area contributed by atoms with Crippen LogP contribution in [-0.4, -0.2) is 16.0 Å². The number of thiophene rings is 1. The molecule has 0 aliphatic carbocycles. The molecule has 0 aliphatic rings. The second kappa shape index (κ2) is 7.86. The molecule has 0 radical (unpaired) electrons. The van der Waals surface area contributed by atoms with Crippen molar-refractivity contribution >= 4 is 76.6 Å². The molecule has 0 spiro atoms. The number of nitrogen functional groups attached to an aromatic ring is 1. The summed E-state index contributed by atoms with van der Waals surface area (Å²) in [5.41, 5.74) is 9.34. The van der Waals surface area contributed by atoms with Gasteiger partial charge in [-0.2, -0.15) is 0 Å². The third-order valence-electron chi connectivity index (χ3n) is 3.99. The van der Waals surface area contributed by atoms with Crippen LogP contribution >= 0.6 is 43.2 Å². The number of hydrogen-bond acceptors (Lipinski definition) is 5. The normalized spacial score (nSPS) is 10.8. The Morgan fingerprint density at radius 3 is 2.50 bits per heavy atom. The first-order valence-electron chi connectivity index (χ1n) is 8.14. The number of halogens is 2. The molecule has 9 heteroatoms. The minimum absolute atomic E-state index is 0.314. The molecule has 0 unspecified atom stereocenters. The number of benzene rings is 2. The average Bonchev–Trinajstić information content (AvgIpc) is 2.99. The summed E-state index contributed by atoms with van der Waals surface area (Å²) in [6.07, 6.45) is 1.46. The summed E-state index contributed by atoms with van der Waals surface area (Å²) in [5.74, 6) is 0.442. The maximum Gasteiger partial charge on any atom is 0.323 e. The van der Waals surface area contributed by atoms with E-state index in [1.165, 1.54) is 17.7 Å². The number of carbonyl (C=O) groups excluding carboxylic acids is 1. The summed E-state index contributed by atoms with van der Waals surface area (Å²) in [4.78, 5) is 21.4.